The van der Waals surface area contributed by atoms with E-state index in [4.69, 9.17) is 16.3 Å². The van der Waals surface area contributed by atoms with Gasteiger partial charge in [-0.2, -0.15) is 4.98 Å². The number of carbonyl (C=O) groups is 1. The summed E-state index contributed by atoms with van der Waals surface area (Å²) in [6.07, 6.45) is 2.01. The minimum Gasteiger partial charge on any atom is -0.497 e. The number of nitrogens with zero attached hydrogens (tertiary/aromatic N) is 4. The standard InChI is InChI=1S/C25H19ClN6O4/c1-36-20-12-6-16(7-13-20)22-14-21(15-2-8-18(26)9-3-15)27-25-29-24(30-31(22)25)28-23(33)17-4-10-19(11-5-17)32(34)35/h2-14,22H,1H3,(H2,27,28,29,30,33). The predicted octanol–water partition coefficient (Wildman–Crippen LogP) is 5.16. The molecular weight excluding hydrogens is 484 g/mol. The van der Waals surface area contributed by atoms with Gasteiger partial charge in [0, 0.05) is 28.4 Å². The summed E-state index contributed by atoms with van der Waals surface area (Å²) in [4.78, 5) is 27.5. The molecule has 11 heteroatoms. The number of hydrogen-bond donors (Lipinski definition) is 2. The highest BCUT2D eigenvalue weighted by Crippen LogP contribution is 2.34. The molecule has 0 radical (unpaired) electrons. The first-order chi connectivity index (χ1) is 17.4. The van der Waals surface area contributed by atoms with Crippen LogP contribution in [0.1, 0.15) is 27.5 Å². The van der Waals surface area contributed by atoms with E-state index >= 15 is 0 Å². The number of non-ortho nitro benzene ring substituents is 1. The smallest absolute Gasteiger partial charge is 0.269 e. The van der Waals surface area contributed by atoms with Gasteiger partial charge in [0.15, 0.2) is 0 Å². The minimum atomic E-state index is -0.525. The van der Waals surface area contributed by atoms with E-state index in [1.54, 1.807) is 23.9 Å². The number of allylic oxidation sites excluding steroid dienone is 1. The molecule has 0 bridgehead atoms. The van der Waals surface area contributed by atoms with Crippen LogP contribution in [0.3, 0.4) is 0 Å². The van der Waals surface area contributed by atoms with Gasteiger partial charge in [-0.15, -0.1) is 5.10 Å². The van der Waals surface area contributed by atoms with Gasteiger partial charge in [0.1, 0.15) is 11.8 Å². The van der Waals surface area contributed by atoms with Gasteiger partial charge < -0.3 is 10.1 Å². The summed E-state index contributed by atoms with van der Waals surface area (Å²) in [5.41, 5.74) is 2.79. The predicted molar refractivity (Wildman–Crippen MR) is 135 cm³/mol. The molecule has 2 heterocycles. The SMILES string of the molecule is COc1ccc(C2C=C(c3ccc(Cl)cc3)Nc3nc(NC(=O)c4ccc([N+](=O)[O-])cc4)nn32)cc1. The number of methoxy groups -OCH3 is 1. The van der Waals surface area contributed by atoms with E-state index in [0.29, 0.717) is 11.0 Å². The van der Waals surface area contributed by atoms with E-state index in [-0.39, 0.29) is 23.2 Å². The Morgan fingerprint density at radius 3 is 2.42 bits per heavy atom. The van der Waals surface area contributed by atoms with Gasteiger partial charge in [0.2, 0.25) is 5.95 Å². The van der Waals surface area contributed by atoms with Crippen LogP contribution in [0.25, 0.3) is 5.70 Å². The van der Waals surface area contributed by atoms with Crippen molar-refractivity contribution in [1.82, 2.24) is 14.8 Å². The van der Waals surface area contributed by atoms with Crippen molar-refractivity contribution < 1.29 is 14.5 Å². The second-order valence-electron chi connectivity index (χ2n) is 7.89. The van der Waals surface area contributed by atoms with Crippen LogP contribution in [0.4, 0.5) is 17.6 Å². The number of rotatable bonds is 6. The topological polar surface area (TPSA) is 124 Å². The highest BCUT2D eigenvalue weighted by Gasteiger charge is 2.26. The summed E-state index contributed by atoms with van der Waals surface area (Å²) in [5.74, 6) is 0.761. The summed E-state index contributed by atoms with van der Waals surface area (Å²) in [7, 11) is 1.60. The van der Waals surface area contributed by atoms with Crippen molar-refractivity contribution in [3.05, 3.63) is 111 Å². The fourth-order valence-electron chi connectivity index (χ4n) is 3.79. The van der Waals surface area contributed by atoms with Gasteiger partial charge in [-0.25, -0.2) is 4.68 Å². The largest absolute Gasteiger partial charge is 0.497 e. The zero-order valence-corrected chi connectivity index (χ0v) is 19.6. The molecule has 3 aromatic carbocycles. The Kier molecular flexibility index (Phi) is 6.09. The Hall–Kier alpha value is -4.70. The van der Waals surface area contributed by atoms with Crippen LogP contribution in [-0.4, -0.2) is 32.7 Å². The lowest BCUT2D eigenvalue weighted by Crippen LogP contribution is -2.20. The molecule has 0 saturated heterocycles. The molecule has 1 aliphatic heterocycles. The second kappa shape index (κ2) is 9.51. The Balaban J connectivity index is 1.47. The average Bonchev–Trinajstić information content (AvgIpc) is 3.31. The lowest BCUT2D eigenvalue weighted by Gasteiger charge is -2.24. The monoisotopic (exact) mass is 502 g/mol. The first-order valence-electron chi connectivity index (χ1n) is 10.8. The fourth-order valence-corrected chi connectivity index (χ4v) is 3.92. The van der Waals surface area contributed by atoms with Crippen LogP contribution in [0, 0.1) is 10.1 Å². The van der Waals surface area contributed by atoms with Crippen molar-refractivity contribution in [3.8, 4) is 5.75 Å². The summed E-state index contributed by atoms with van der Waals surface area (Å²) in [5, 5.41) is 21.9. The molecule has 0 fully saturated rings. The molecule has 10 nitrogen and oxygen atoms in total. The van der Waals surface area contributed by atoms with Crippen LogP contribution in [-0.2, 0) is 0 Å². The number of carbonyl (C=O) groups excluding carboxylic acids is 1. The van der Waals surface area contributed by atoms with Crippen molar-refractivity contribution in [2.45, 2.75) is 6.04 Å². The highest BCUT2D eigenvalue weighted by atomic mass is 35.5. The molecule has 1 atom stereocenters. The number of hydrogen-bond acceptors (Lipinski definition) is 7. The summed E-state index contributed by atoms with van der Waals surface area (Å²) in [6.45, 7) is 0. The van der Waals surface area contributed by atoms with E-state index in [2.05, 4.69) is 20.7 Å². The number of aromatic nitrogens is 3. The molecule has 5 rings (SSSR count). The summed E-state index contributed by atoms with van der Waals surface area (Å²) >= 11 is 6.06. The van der Waals surface area contributed by atoms with Gasteiger partial charge in [-0.3, -0.25) is 20.2 Å². The molecular formula is C25H19ClN6O4. The van der Waals surface area contributed by atoms with Crippen LogP contribution in [0.2, 0.25) is 5.02 Å². The van der Waals surface area contributed by atoms with Crippen molar-refractivity contribution in [2.24, 2.45) is 0 Å². The maximum atomic E-state index is 12.7. The summed E-state index contributed by atoms with van der Waals surface area (Å²) in [6, 6.07) is 20.0. The molecule has 0 aliphatic carbocycles. The van der Waals surface area contributed by atoms with Gasteiger partial charge in [0.25, 0.3) is 17.5 Å². The molecule has 180 valence electrons. The minimum absolute atomic E-state index is 0.0881. The lowest BCUT2D eigenvalue weighted by atomic mass is 10.0. The second-order valence-corrected chi connectivity index (χ2v) is 8.33. The third-order valence-corrected chi connectivity index (χ3v) is 5.90. The number of nitrogens with one attached hydrogen (secondary N) is 2. The van der Waals surface area contributed by atoms with Gasteiger partial charge in [-0.05, 0) is 53.6 Å². The Bertz CT molecular complexity index is 1460. The van der Waals surface area contributed by atoms with Crippen LogP contribution < -0.4 is 15.4 Å². The van der Waals surface area contributed by atoms with E-state index in [1.807, 2.05) is 42.5 Å². The third-order valence-electron chi connectivity index (χ3n) is 5.64. The number of nitro groups is 1. The van der Waals surface area contributed by atoms with Crippen molar-refractivity contribution >= 4 is 40.8 Å². The first kappa shape index (κ1) is 23.1. The maximum absolute atomic E-state index is 12.7. The van der Waals surface area contributed by atoms with Crippen LogP contribution >= 0.6 is 11.6 Å². The molecule has 1 unspecified atom stereocenters. The highest BCUT2D eigenvalue weighted by molar-refractivity contribution is 6.30. The Morgan fingerprint density at radius 2 is 1.78 bits per heavy atom. The molecule has 2 N–H and O–H groups in total. The van der Waals surface area contributed by atoms with E-state index in [9.17, 15) is 14.9 Å². The molecule has 0 spiro atoms. The van der Waals surface area contributed by atoms with E-state index in [0.717, 1.165) is 22.6 Å². The van der Waals surface area contributed by atoms with Crippen LogP contribution in [0.5, 0.6) is 5.75 Å². The Labute approximate surface area is 210 Å². The van der Waals surface area contributed by atoms with Crippen molar-refractivity contribution in [2.75, 3.05) is 17.7 Å². The third kappa shape index (κ3) is 4.62. The molecule has 1 aromatic heterocycles. The van der Waals surface area contributed by atoms with Crippen molar-refractivity contribution in [1.29, 1.82) is 0 Å². The normalized spacial score (nSPS) is 14.3. The fraction of sp³-hybridized carbons (Fsp3) is 0.0800. The zero-order valence-electron chi connectivity index (χ0n) is 18.9. The first-order valence-corrected chi connectivity index (χ1v) is 11.2. The van der Waals surface area contributed by atoms with Crippen molar-refractivity contribution in [3.63, 3.8) is 0 Å². The maximum Gasteiger partial charge on any atom is 0.269 e. The number of nitro benzene ring substituents is 1. The number of halogens is 1. The van der Waals surface area contributed by atoms with Crippen LogP contribution in [0.15, 0.2) is 78.9 Å². The number of fused-ring (bicyclic) bond motifs is 1. The van der Waals surface area contributed by atoms with E-state index in [1.165, 1.54) is 24.3 Å². The Morgan fingerprint density at radius 1 is 1.08 bits per heavy atom. The summed E-state index contributed by atoms with van der Waals surface area (Å²) < 4.78 is 6.95. The van der Waals surface area contributed by atoms with Gasteiger partial charge in [0.05, 0.1) is 12.0 Å². The lowest BCUT2D eigenvalue weighted by molar-refractivity contribution is -0.384. The average molecular weight is 503 g/mol. The molecule has 4 aromatic rings. The number of ether oxygens (including phenoxy) is 1. The molecule has 0 saturated carbocycles. The molecule has 1 amide bonds. The number of benzene rings is 3. The molecule has 36 heavy (non-hydrogen) atoms. The quantitative estimate of drug-likeness (QED) is 0.276. The number of anilines is 2. The van der Waals surface area contributed by atoms with E-state index < -0.39 is 10.8 Å². The molecule has 1 aliphatic rings. The zero-order chi connectivity index (χ0) is 25.2. The van der Waals surface area contributed by atoms with Gasteiger partial charge in [-0.1, -0.05) is 35.9 Å². The van der Waals surface area contributed by atoms with Gasteiger partial charge >= 0.3 is 0 Å². The number of amides is 1.